The molecule has 0 saturated heterocycles. The molecule has 0 bridgehead atoms. The smallest absolute Gasteiger partial charge is 0.338 e. The number of hydrogen-bond acceptors (Lipinski definition) is 4. The minimum absolute atomic E-state index is 0.148. The standard InChI is InChI=1S/C16H14O4/c17-15-7-6-13-12(8-9-19-16(13)18)14(15)10-20-11-4-2-1-3-5-11/h1-7,17H,8-10H2. The Hall–Kier alpha value is -2.49. The van der Waals surface area contributed by atoms with Gasteiger partial charge in [0.1, 0.15) is 18.1 Å². The van der Waals surface area contributed by atoms with Gasteiger partial charge in [0, 0.05) is 12.0 Å². The summed E-state index contributed by atoms with van der Waals surface area (Å²) in [7, 11) is 0. The Kier molecular flexibility index (Phi) is 3.29. The normalized spacial score (nSPS) is 13.5. The topological polar surface area (TPSA) is 55.8 Å². The minimum Gasteiger partial charge on any atom is -0.508 e. The molecule has 1 heterocycles. The van der Waals surface area contributed by atoms with Crippen molar-refractivity contribution in [3.63, 3.8) is 0 Å². The molecular formula is C16H14O4. The molecule has 1 aliphatic heterocycles. The first-order chi connectivity index (χ1) is 9.75. The van der Waals surface area contributed by atoms with Gasteiger partial charge >= 0.3 is 5.97 Å². The number of hydrogen-bond donors (Lipinski definition) is 1. The zero-order valence-electron chi connectivity index (χ0n) is 10.8. The highest BCUT2D eigenvalue weighted by molar-refractivity contribution is 5.92. The van der Waals surface area contributed by atoms with E-state index >= 15 is 0 Å². The van der Waals surface area contributed by atoms with Gasteiger partial charge in [0.25, 0.3) is 0 Å². The summed E-state index contributed by atoms with van der Waals surface area (Å²) in [5.41, 5.74) is 1.99. The van der Waals surface area contributed by atoms with E-state index in [1.807, 2.05) is 30.3 Å². The van der Waals surface area contributed by atoms with Crippen LogP contribution in [0.4, 0.5) is 0 Å². The lowest BCUT2D eigenvalue weighted by Crippen LogP contribution is -2.19. The van der Waals surface area contributed by atoms with Crippen LogP contribution in [-0.4, -0.2) is 17.7 Å². The van der Waals surface area contributed by atoms with Crippen molar-refractivity contribution in [3.05, 3.63) is 59.2 Å². The van der Waals surface area contributed by atoms with E-state index in [-0.39, 0.29) is 18.3 Å². The molecule has 102 valence electrons. The molecule has 0 atom stereocenters. The second-order valence-corrected chi connectivity index (χ2v) is 4.58. The molecule has 0 amide bonds. The van der Waals surface area contributed by atoms with E-state index in [4.69, 9.17) is 9.47 Å². The van der Waals surface area contributed by atoms with E-state index in [9.17, 15) is 9.90 Å². The highest BCUT2D eigenvalue weighted by Gasteiger charge is 2.23. The van der Waals surface area contributed by atoms with Gasteiger partial charge in [-0.25, -0.2) is 4.79 Å². The lowest BCUT2D eigenvalue weighted by atomic mass is 9.96. The fraction of sp³-hybridized carbons (Fsp3) is 0.188. The first-order valence-corrected chi connectivity index (χ1v) is 6.44. The molecular weight excluding hydrogens is 256 g/mol. The third-order valence-corrected chi connectivity index (χ3v) is 3.34. The maximum Gasteiger partial charge on any atom is 0.338 e. The molecule has 20 heavy (non-hydrogen) atoms. The first kappa shape index (κ1) is 12.5. The van der Waals surface area contributed by atoms with Gasteiger partial charge in [-0.3, -0.25) is 0 Å². The molecule has 0 fully saturated rings. The fourth-order valence-corrected chi connectivity index (χ4v) is 2.31. The molecule has 1 N–H and O–H groups in total. The molecule has 3 rings (SSSR count). The number of phenols is 1. The lowest BCUT2D eigenvalue weighted by molar-refractivity contribution is 0.0479. The van der Waals surface area contributed by atoms with Crippen molar-refractivity contribution in [1.29, 1.82) is 0 Å². The quantitative estimate of drug-likeness (QED) is 0.871. The SMILES string of the molecule is O=C1OCCc2c1ccc(O)c2COc1ccccc1. The van der Waals surface area contributed by atoms with Crippen molar-refractivity contribution in [2.75, 3.05) is 6.61 Å². The summed E-state index contributed by atoms with van der Waals surface area (Å²) in [6.07, 6.45) is 0.600. The fourth-order valence-electron chi connectivity index (χ4n) is 2.31. The molecule has 2 aromatic carbocycles. The molecule has 4 heteroatoms. The van der Waals surface area contributed by atoms with Crippen LogP contribution in [0.1, 0.15) is 21.5 Å². The summed E-state index contributed by atoms with van der Waals surface area (Å²) >= 11 is 0. The van der Waals surface area contributed by atoms with E-state index in [1.165, 1.54) is 6.07 Å². The summed E-state index contributed by atoms with van der Waals surface area (Å²) in [6.45, 7) is 0.569. The summed E-state index contributed by atoms with van der Waals surface area (Å²) < 4.78 is 10.7. The van der Waals surface area contributed by atoms with Gasteiger partial charge in [0.05, 0.1) is 12.2 Å². The number of fused-ring (bicyclic) bond motifs is 1. The summed E-state index contributed by atoms with van der Waals surface area (Å²) in [5.74, 6) is 0.532. The zero-order chi connectivity index (χ0) is 13.9. The van der Waals surface area contributed by atoms with E-state index in [1.54, 1.807) is 6.07 Å². The van der Waals surface area contributed by atoms with E-state index in [0.29, 0.717) is 24.2 Å². The van der Waals surface area contributed by atoms with Crippen LogP contribution >= 0.6 is 0 Å². The predicted molar refractivity (Wildman–Crippen MR) is 72.9 cm³/mol. The van der Waals surface area contributed by atoms with Gasteiger partial charge in [-0.15, -0.1) is 0 Å². The van der Waals surface area contributed by atoms with Crippen LogP contribution in [-0.2, 0) is 17.8 Å². The predicted octanol–water partition coefficient (Wildman–Crippen LogP) is 2.68. The molecule has 0 saturated carbocycles. The number of para-hydroxylation sites is 1. The van der Waals surface area contributed by atoms with Crippen LogP contribution in [0.25, 0.3) is 0 Å². The van der Waals surface area contributed by atoms with Gasteiger partial charge in [0.2, 0.25) is 0 Å². The number of cyclic esters (lactones) is 1. The van der Waals surface area contributed by atoms with Crippen LogP contribution in [0.2, 0.25) is 0 Å². The number of carbonyl (C=O) groups is 1. The molecule has 0 spiro atoms. The third-order valence-electron chi connectivity index (χ3n) is 3.34. The van der Waals surface area contributed by atoms with Crippen molar-refractivity contribution in [1.82, 2.24) is 0 Å². The van der Waals surface area contributed by atoms with Crippen molar-refractivity contribution in [3.8, 4) is 11.5 Å². The van der Waals surface area contributed by atoms with Crippen LogP contribution in [0.5, 0.6) is 11.5 Å². The van der Waals surface area contributed by atoms with Crippen LogP contribution < -0.4 is 4.74 Å². The average Bonchev–Trinajstić information content (AvgIpc) is 2.47. The Morgan fingerprint density at radius 2 is 1.95 bits per heavy atom. The van der Waals surface area contributed by atoms with Gasteiger partial charge in [-0.2, -0.15) is 0 Å². The van der Waals surface area contributed by atoms with E-state index < -0.39 is 0 Å². The monoisotopic (exact) mass is 270 g/mol. The Morgan fingerprint density at radius 1 is 1.15 bits per heavy atom. The Morgan fingerprint density at radius 3 is 2.75 bits per heavy atom. The van der Waals surface area contributed by atoms with Gasteiger partial charge in [0.15, 0.2) is 0 Å². The molecule has 2 aromatic rings. The zero-order valence-corrected chi connectivity index (χ0v) is 10.8. The number of carbonyl (C=O) groups excluding carboxylic acids is 1. The van der Waals surface area contributed by atoms with Gasteiger partial charge < -0.3 is 14.6 Å². The molecule has 0 aliphatic carbocycles. The van der Waals surface area contributed by atoms with Crippen molar-refractivity contribution in [2.45, 2.75) is 13.0 Å². The van der Waals surface area contributed by atoms with Gasteiger partial charge in [-0.05, 0) is 29.8 Å². The molecule has 0 aromatic heterocycles. The van der Waals surface area contributed by atoms with E-state index in [0.717, 1.165) is 11.3 Å². The second-order valence-electron chi connectivity index (χ2n) is 4.58. The summed E-state index contributed by atoms with van der Waals surface area (Å²) in [6, 6.07) is 12.5. The Labute approximate surface area is 116 Å². The maximum absolute atomic E-state index is 11.7. The van der Waals surface area contributed by atoms with E-state index in [2.05, 4.69) is 0 Å². The second kappa shape index (κ2) is 5.25. The van der Waals surface area contributed by atoms with Crippen LogP contribution in [0.15, 0.2) is 42.5 Å². The van der Waals surface area contributed by atoms with Crippen LogP contribution in [0.3, 0.4) is 0 Å². The van der Waals surface area contributed by atoms with Gasteiger partial charge in [-0.1, -0.05) is 18.2 Å². The molecule has 0 radical (unpaired) electrons. The minimum atomic E-state index is -0.341. The maximum atomic E-state index is 11.7. The largest absolute Gasteiger partial charge is 0.508 e. The number of esters is 1. The number of phenolic OH excluding ortho intramolecular Hbond substituents is 1. The Bertz CT molecular complexity index is 634. The van der Waals surface area contributed by atoms with Crippen LogP contribution in [0, 0.1) is 0 Å². The number of ether oxygens (including phenoxy) is 2. The molecule has 4 nitrogen and oxygen atoms in total. The van der Waals surface area contributed by atoms with Crippen molar-refractivity contribution in [2.24, 2.45) is 0 Å². The summed E-state index contributed by atoms with van der Waals surface area (Å²) in [4.78, 5) is 11.7. The Balaban J connectivity index is 1.89. The number of benzene rings is 2. The first-order valence-electron chi connectivity index (χ1n) is 6.44. The third kappa shape index (κ3) is 2.32. The van der Waals surface area contributed by atoms with Crippen molar-refractivity contribution < 1.29 is 19.4 Å². The number of rotatable bonds is 3. The number of aromatic hydroxyl groups is 1. The molecule has 1 aliphatic rings. The highest BCUT2D eigenvalue weighted by atomic mass is 16.5. The molecule has 0 unspecified atom stereocenters. The highest BCUT2D eigenvalue weighted by Crippen LogP contribution is 2.29. The average molecular weight is 270 g/mol. The summed E-state index contributed by atoms with van der Waals surface area (Å²) in [5, 5.41) is 10.00. The lowest BCUT2D eigenvalue weighted by Gasteiger charge is -2.20. The van der Waals surface area contributed by atoms with Crippen molar-refractivity contribution >= 4 is 5.97 Å².